The lowest BCUT2D eigenvalue weighted by atomic mass is 10.2. The second-order valence-corrected chi connectivity index (χ2v) is 5.54. The van der Waals surface area contributed by atoms with E-state index in [0.29, 0.717) is 5.90 Å². The molecule has 0 spiro atoms. The second-order valence-electron chi connectivity index (χ2n) is 4.62. The van der Waals surface area contributed by atoms with Gasteiger partial charge < -0.3 is 9.47 Å². The van der Waals surface area contributed by atoms with E-state index in [-0.39, 0.29) is 5.70 Å². The molecule has 1 aliphatic rings. The Kier molecular flexibility index (Phi) is 4.06. The summed E-state index contributed by atoms with van der Waals surface area (Å²) in [4.78, 5) is 16.2. The summed E-state index contributed by atoms with van der Waals surface area (Å²) < 4.78 is 11.3. The lowest BCUT2D eigenvalue weighted by molar-refractivity contribution is -0.129. The third kappa shape index (κ3) is 3.09. The molecule has 110 valence electrons. The van der Waals surface area contributed by atoms with Crippen molar-refractivity contribution in [2.75, 3.05) is 7.11 Å². The van der Waals surface area contributed by atoms with Gasteiger partial charge in [-0.25, -0.2) is 9.79 Å². The van der Waals surface area contributed by atoms with Gasteiger partial charge >= 0.3 is 5.97 Å². The molecule has 0 saturated carbocycles. The Morgan fingerprint density at radius 2 is 2.00 bits per heavy atom. The van der Waals surface area contributed by atoms with Crippen molar-refractivity contribution >= 4 is 33.9 Å². The lowest BCUT2D eigenvalue weighted by Gasteiger charge is -2.00. The molecule has 22 heavy (non-hydrogen) atoms. The maximum absolute atomic E-state index is 12.0. The summed E-state index contributed by atoms with van der Waals surface area (Å²) in [6.45, 7) is 0. The number of hydrogen-bond donors (Lipinski definition) is 0. The van der Waals surface area contributed by atoms with Gasteiger partial charge in [0.2, 0.25) is 5.90 Å². The molecule has 0 aromatic heterocycles. The lowest BCUT2D eigenvalue weighted by Crippen LogP contribution is -2.05. The first kappa shape index (κ1) is 14.5. The smallest absolute Gasteiger partial charge is 0.363 e. The maximum Gasteiger partial charge on any atom is 0.363 e. The summed E-state index contributed by atoms with van der Waals surface area (Å²) in [5.74, 6) is 0.565. The van der Waals surface area contributed by atoms with E-state index in [1.165, 1.54) is 0 Å². The van der Waals surface area contributed by atoms with Crippen LogP contribution >= 0.6 is 15.9 Å². The van der Waals surface area contributed by atoms with Crippen molar-refractivity contribution in [1.29, 1.82) is 0 Å². The van der Waals surface area contributed by atoms with Crippen molar-refractivity contribution in [2.24, 2.45) is 4.99 Å². The van der Waals surface area contributed by atoms with Crippen molar-refractivity contribution in [2.45, 2.75) is 0 Å². The van der Waals surface area contributed by atoms with E-state index in [2.05, 4.69) is 20.9 Å². The van der Waals surface area contributed by atoms with Gasteiger partial charge in [0.1, 0.15) is 5.75 Å². The largest absolute Gasteiger partial charge is 0.497 e. The van der Waals surface area contributed by atoms with Gasteiger partial charge in [-0.15, -0.1) is 0 Å². The number of hydrogen-bond acceptors (Lipinski definition) is 4. The van der Waals surface area contributed by atoms with E-state index in [1.807, 2.05) is 48.5 Å². The summed E-state index contributed by atoms with van der Waals surface area (Å²) >= 11 is 3.39. The fourth-order valence-corrected chi connectivity index (χ4v) is 2.44. The predicted molar refractivity (Wildman–Crippen MR) is 87.7 cm³/mol. The Morgan fingerprint density at radius 3 is 2.77 bits per heavy atom. The zero-order chi connectivity index (χ0) is 15.5. The molecule has 0 atom stereocenters. The number of carbonyl (C=O) groups is 1. The molecule has 2 aromatic rings. The molecule has 0 N–H and O–H groups in total. The average molecular weight is 358 g/mol. The Bertz CT molecular complexity index is 796. The van der Waals surface area contributed by atoms with Gasteiger partial charge in [-0.2, -0.15) is 0 Å². The van der Waals surface area contributed by atoms with Crippen LogP contribution in [-0.4, -0.2) is 19.0 Å². The van der Waals surface area contributed by atoms with Crippen LogP contribution in [0.5, 0.6) is 5.75 Å². The number of rotatable bonds is 3. The van der Waals surface area contributed by atoms with Crippen molar-refractivity contribution < 1.29 is 14.3 Å². The molecule has 2 aromatic carbocycles. The van der Waals surface area contributed by atoms with Crippen LogP contribution in [0.1, 0.15) is 11.1 Å². The zero-order valence-electron chi connectivity index (χ0n) is 11.7. The molecular weight excluding hydrogens is 346 g/mol. The molecule has 5 heteroatoms. The first-order valence-electron chi connectivity index (χ1n) is 6.58. The Balaban J connectivity index is 1.94. The minimum absolute atomic E-state index is 0.267. The van der Waals surface area contributed by atoms with Crippen molar-refractivity contribution in [1.82, 2.24) is 0 Å². The molecule has 0 fully saturated rings. The number of carbonyl (C=O) groups excluding carboxylic acids is 1. The van der Waals surface area contributed by atoms with Crippen LogP contribution in [0.4, 0.5) is 0 Å². The quantitative estimate of drug-likeness (QED) is 0.619. The summed E-state index contributed by atoms with van der Waals surface area (Å²) in [5.41, 5.74) is 1.84. The molecule has 3 rings (SSSR count). The summed E-state index contributed by atoms with van der Waals surface area (Å²) in [5, 5.41) is 0. The molecular formula is C17H12BrNO3. The molecule has 1 heterocycles. The van der Waals surface area contributed by atoms with Crippen LogP contribution in [0.25, 0.3) is 6.08 Å². The highest BCUT2D eigenvalue weighted by molar-refractivity contribution is 9.10. The average Bonchev–Trinajstić information content (AvgIpc) is 2.89. The highest BCUT2D eigenvalue weighted by atomic mass is 79.9. The standard InChI is InChI=1S/C17H12BrNO3/c1-21-14-7-2-4-11(8-14)9-15-17(20)22-16(19-15)12-5-3-6-13(18)10-12/h2-10H,1H3/b15-9+. The van der Waals surface area contributed by atoms with Gasteiger partial charge in [0.05, 0.1) is 7.11 Å². The highest BCUT2D eigenvalue weighted by Gasteiger charge is 2.24. The Morgan fingerprint density at radius 1 is 1.18 bits per heavy atom. The van der Waals surface area contributed by atoms with E-state index in [1.54, 1.807) is 13.2 Å². The minimum Gasteiger partial charge on any atom is -0.497 e. The number of esters is 1. The number of benzene rings is 2. The number of ether oxygens (including phenoxy) is 2. The predicted octanol–water partition coefficient (Wildman–Crippen LogP) is 3.80. The first-order valence-corrected chi connectivity index (χ1v) is 7.37. The Labute approximate surface area is 136 Å². The number of nitrogens with zero attached hydrogens (tertiary/aromatic N) is 1. The molecule has 1 aliphatic heterocycles. The van der Waals surface area contributed by atoms with Gasteiger partial charge in [0.15, 0.2) is 5.70 Å². The van der Waals surface area contributed by atoms with Gasteiger partial charge in [-0.3, -0.25) is 0 Å². The van der Waals surface area contributed by atoms with E-state index in [0.717, 1.165) is 21.3 Å². The van der Waals surface area contributed by atoms with Crippen LogP contribution < -0.4 is 4.74 Å². The van der Waals surface area contributed by atoms with Crippen LogP contribution in [0, 0.1) is 0 Å². The third-order valence-electron chi connectivity index (χ3n) is 3.09. The van der Waals surface area contributed by atoms with E-state index in [4.69, 9.17) is 9.47 Å². The van der Waals surface area contributed by atoms with Crippen molar-refractivity contribution in [3.8, 4) is 5.75 Å². The summed E-state index contributed by atoms with van der Waals surface area (Å²) in [6.07, 6.45) is 1.68. The second kappa shape index (κ2) is 6.15. The van der Waals surface area contributed by atoms with Crippen LogP contribution in [0.15, 0.2) is 63.7 Å². The van der Waals surface area contributed by atoms with Crippen LogP contribution in [0.3, 0.4) is 0 Å². The first-order chi connectivity index (χ1) is 10.7. The number of cyclic esters (lactones) is 1. The van der Waals surface area contributed by atoms with E-state index >= 15 is 0 Å². The molecule has 0 saturated heterocycles. The molecule has 0 aliphatic carbocycles. The molecule has 0 amide bonds. The molecule has 0 unspecified atom stereocenters. The van der Waals surface area contributed by atoms with Gasteiger partial charge in [-0.1, -0.05) is 34.1 Å². The molecule has 0 radical (unpaired) electrons. The third-order valence-corrected chi connectivity index (χ3v) is 3.58. The van der Waals surface area contributed by atoms with Gasteiger partial charge in [0.25, 0.3) is 0 Å². The van der Waals surface area contributed by atoms with Crippen LogP contribution in [-0.2, 0) is 9.53 Å². The topological polar surface area (TPSA) is 47.9 Å². The van der Waals surface area contributed by atoms with Crippen molar-refractivity contribution in [3.63, 3.8) is 0 Å². The molecule has 0 bridgehead atoms. The SMILES string of the molecule is COc1cccc(/C=C2/N=C(c3cccc(Br)c3)OC2=O)c1. The Hall–Kier alpha value is -2.40. The normalized spacial score (nSPS) is 15.6. The van der Waals surface area contributed by atoms with E-state index < -0.39 is 5.97 Å². The number of methoxy groups -OCH3 is 1. The van der Waals surface area contributed by atoms with Gasteiger partial charge in [-0.05, 0) is 42.0 Å². The summed E-state index contributed by atoms with van der Waals surface area (Å²) in [7, 11) is 1.60. The molecule has 4 nitrogen and oxygen atoms in total. The fraction of sp³-hybridized carbons (Fsp3) is 0.0588. The highest BCUT2D eigenvalue weighted by Crippen LogP contribution is 2.22. The monoisotopic (exact) mass is 357 g/mol. The van der Waals surface area contributed by atoms with Crippen LogP contribution in [0.2, 0.25) is 0 Å². The zero-order valence-corrected chi connectivity index (χ0v) is 13.3. The summed E-state index contributed by atoms with van der Waals surface area (Å²) in [6, 6.07) is 14.8. The fourth-order valence-electron chi connectivity index (χ4n) is 2.04. The number of aliphatic imine (C=N–C) groups is 1. The minimum atomic E-state index is -0.460. The number of halogens is 1. The maximum atomic E-state index is 12.0. The van der Waals surface area contributed by atoms with Crippen molar-refractivity contribution in [3.05, 3.63) is 69.8 Å². The van der Waals surface area contributed by atoms with Gasteiger partial charge in [0, 0.05) is 10.0 Å². The van der Waals surface area contributed by atoms with E-state index in [9.17, 15) is 4.79 Å².